The molecule has 0 aromatic heterocycles. The minimum absolute atomic E-state index is 0.0936. The predicted molar refractivity (Wildman–Crippen MR) is 92.1 cm³/mol. The first kappa shape index (κ1) is 18.5. The zero-order valence-electron chi connectivity index (χ0n) is 14.4. The lowest BCUT2D eigenvalue weighted by Gasteiger charge is -2.38. The van der Waals surface area contributed by atoms with E-state index in [0.717, 1.165) is 6.42 Å². The zero-order valence-corrected chi connectivity index (χ0v) is 14.4. The van der Waals surface area contributed by atoms with Crippen LogP contribution in [-0.2, 0) is 9.53 Å². The van der Waals surface area contributed by atoms with Gasteiger partial charge in [0, 0.05) is 24.3 Å². The Morgan fingerprint density at radius 1 is 1.20 bits per heavy atom. The van der Waals surface area contributed by atoms with E-state index in [9.17, 15) is 19.7 Å². The Hall–Kier alpha value is -2.80. The van der Waals surface area contributed by atoms with Crippen LogP contribution in [0, 0.1) is 10.1 Å². The van der Waals surface area contributed by atoms with Gasteiger partial charge in [-0.15, -0.1) is 0 Å². The van der Waals surface area contributed by atoms with Crippen molar-refractivity contribution in [2.75, 3.05) is 6.61 Å². The molecule has 1 aromatic carbocycles. The molecule has 1 aromatic rings. The third-order valence-electron chi connectivity index (χ3n) is 3.98. The number of benzene rings is 1. The summed E-state index contributed by atoms with van der Waals surface area (Å²) in [6.45, 7) is 5.78. The highest BCUT2D eigenvalue weighted by atomic mass is 16.6. The highest BCUT2D eigenvalue weighted by Gasteiger charge is 2.39. The highest BCUT2D eigenvalue weighted by molar-refractivity contribution is 6.03. The van der Waals surface area contributed by atoms with Gasteiger partial charge in [0.2, 0.25) is 0 Å². The number of amides is 1. The SMILES string of the molecule is CCCOC1(NC(=O)c2ccc([N+](=O)[O-])cc2)C(C)=CC(=O)C=C1C. The molecular weight excluding hydrogens is 324 g/mol. The number of ketones is 1. The minimum atomic E-state index is -1.19. The molecule has 1 amide bonds. The number of nitrogens with zero attached hydrogens (tertiary/aromatic N) is 1. The van der Waals surface area contributed by atoms with Crippen molar-refractivity contribution in [2.24, 2.45) is 0 Å². The summed E-state index contributed by atoms with van der Waals surface area (Å²) >= 11 is 0. The van der Waals surface area contributed by atoms with Gasteiger partial charge in [0.1, 0.15) is 0 Å². The highest BCUT2D eigenvalue weighted by Crippen LogP contribution is 2.31. The number of nitro benzene ring substituents is 1. The largest absolute Gasteiger partial charge is 0.348 e. The van der Waals surface area contributed by atoms with Crippen molar-refractivity contribution in [1.29, 1.82) is 0 Å². The molecule has 0 atom stereocenters. The molecular formula is C18H20N2O5. The number of nitrogens with one attached hydrogen (secondary N) is 1. The van der Waals surface area contributed by atoms with Gasteiger partial charge >= 0.3 is 0 Å². The Labute approximate surface area is 145 Å². The van der Waals surface area contributed by atoms with E-state index in [0.29, 0.717) is 17.8 Å². The van der Waals surface area contributed by atoms with Crippen LogP contribution in [0.1, 0.15) is 37.6 Å². The normalized spacial score (nSPS) is 16.0. The van der Waals surface area contributed by atoms with Crippen molar-refractivity contribution >= 4 is 17.4 Å². The molecule has 0 bridgehead atoms. The molecule has 0 aliphatic heterocycles. The first-order chi connectivity index (χ1) is 11.8. The van der Waals surface area contributed by atoms with Crippen LogP contribution in [0.5, 0.6) is 0 Å². The molecule has 0 saturated heterocycles. The molecule has 7 nitrogen and oxygen atoms in total. The molecule has 25 heavy (non-hydrogen) atoms. The molecule has 0 fully saturated rings. The lowest BCUT2D eigenvalue weighted by molar-refractivity contribution is -0.384. The molecule has 0 saturated carbocycles. The smallest absolute Gasteiger partial charge is 0.269 e. The van der Waals surface area contributed by atoms with Crippen molar-refractivity contribution in [3.05, 3.63) is 63.2 Å². The van der Waals surface area contributed by atoms with Crippen LogP contribution >= 0.6 is 0 Å². The quantitative estimate of drug-likeness (QED) is 0.486. The van der Waals surface area contributed by atoms with Crippen molar-refractivity contribution < 1.29 is 19.2 Å². The van der Waals surface area contributed by atoms with Crippen LogP contribution in [0.4, 0.5) is 5.69 Å². The average Bonchev–Trinajstić information content (AvgIpc) is 2.57. The summed E-state index contributed by atoms with van der Waals surface area (Å²) in [5.41, 5.74) is 0.150. The van der Waals surface area contributed by atoms with Crippen molar-refractivity contribution in [1.82, 2.24) is 5.32 Å². The number of carbonyl (C=O) groups is 2. The van der Waals surface area contributed by atoms with E-state index in [1.807, 2.05) is 6.92 Å². The topological polar surface area (TPSA) is 98.5 Å². The minimum Gasteiger partial charge on any atom is -0.348 e. The lowest BCUT2D eigenvalue weighted by Crippen LogP contribution is -2.54. The number of hydrogen-bond donors (Lipinski definition) is 1. The van der Waals surface area contributed by atoms with Crippen molar-refractivity contribution in [3.8, 4) is 0 Å². The van der Waals surface area contributed by atoms with Gasteiger partial charge in [0.25, 0.3) is 11.6 Å². The molecule has 1 aliphatic rings. The predicted octanol–water partition coefficient (Wildman–Crippen LogP) is 2.92. The summed E-state index contributed by atoms with van der Waals surface area (Å²) in [7, 11) is 0. The average molecular weight is 344 g/mol. The number of nitro groups is 1. The van der Waals surface area contributed by atoms with Gasteiger partial charge in [-0.1, -0.05) is 6.92 Å². The van der Waals surface area contributed by atoms with E-state index >= 15 is 0 Å². The second-order valence-corrected chi connectivity index (χ2v) is 5.84. The Morgan fingerprint density at radius 2 is 1.76 bits per heavy atom. The number of carbonyl (C=O) groups excluding carboxylic acids is 2. The van der Waals surface area contributed by atoms with Gasteiger partial charge in [-0.2, -0.15) is 0 Å². The molecule has 132 valence electrons. The molecule has 0 radical (unpaired) electrons. The summed E-state index contributed by atoms with van der Waals surface area (Å²) < 4.78 is 5.92. The summed E-state index contributed by atoms with van der Waals surface area (Å²) in [5, 5.41) is 13.6. The Bertz CT molecular complexity index is 740. The van der Waals surface area contributed by atoms with Crippen LogP contribution in [0.15, 0.2) is 47.6 Å². The van der Waals surface area contributed by atoms with Crippen molar-refractivity contribution in [3.63, 3.8) is 0 Å². The van der Waals surface area contributed by atoms with E-state index in [1.54, 1.807) is 13.8 Å². The van der Waals surface area contributed by atoms with Gasteiger partial charge in [-0.3, -0.25) is 19.7 Å². The maximum absolute atomic E-state index is 12.6. The molecule has 1 aliphatic carbocycles. The fraction of sp³-hybridized carbons (Fsp3) is 0.333. The van der Waals surface area contributed by atoms with Gasteiger partial charge in [0.05, 0.1) is 4.92 Å². The van der Waals surface area contributed by atoms with Gasteiger partial charge in [-0.05, 0) is 55.7 Å². The second kappa shape index (κ2) is 7.40. The maximum atomic E-state index is 12.6. The molecule has 2 rings (SSSR count). The molecule has 0 spiro atoms. The van der Waals surface area contributed by atoms with Crippen LogP contribution in [0.2, 0.25) is 0 Å². The van der Waals surface area contributed by atoms with E-state index < -0.39 is 16.6 Å². The maximum Gasteiger partial charge on any atom is 0.269 e. The Balaban J connectivity index is 2.32. The third-order valence-corrected chi connectivity index (χ3v) is 3.98. The summed E-state index contributed by atoms with van der Waals surface area (Å²) in [6.07, 6.45) is 3.60. The molecule has 1 N–H and O–H groups in total. The van der Waals surface area contributed by atoms with Gasteiger partial charge in [0.15, 0.2) is 11.5 Å². The monoisotopic (exact) mass is 344 g/mol. The molecule has 7 heteroatoms. The number of rotatable bonds is 6. The fourth-order valence-electron chi connectivity index (χ4n) is 2.67. The summed E-state index contributed by atoms with van der Waals surface area (Å²) in [5.74, 6) is -0.601. The lowest BCUT2D eigenvalue weighted by atomic mass is 9.89. The standard InChI is InChI=1S/C18H20N2O5/c1-4-9-25-18(12(2)10-16(21)11-13(18)3)19-17(22)14-5-7-15(8-6-14)20(23)24/h5-8,10-11H,4,9H2,1-3H3,(H,19,22). The van der Waals surface area contributed by atoms with E-state index in [2.05, 4.69) is 5.32 Å². The van der Waals surface area contributed by atoms with Crippen LogP contribution in [-0.4, -0.2) is 28.9 Å². The molecule has 0 unspecified atom stereocenters. The van der Waals surface area contributed by atoms with Crippen LogP contribution in [0.3, 0.4) is 0 Å². The third kappa shape index (κ3) is 3.83. The first-order valence-electron chi connectivity index (χ1n) is 7.92. The van der Waals surface area contributed by atoms with E-state index in [4.69, 9.17) is 4.74 Å². The number of ether oxygens (including phenoxy) is 1. The van der Waals surface area contributed by atoms with Crippen LogP contribution in [0.25, 0.3) is 0 Å². The number of allylic oxidation sites excluding steroid dienone is 2. The summed E-state index contributed by atoms with van der Waals surface area (Å²) in [6, 6.07) is 5.30. The van der Waals surface area contributed by atoms with E-state index in [-0.39, 0.29) is 17.0 Å². The first-order valence-corrected chi connectivity index (χ1v) is 7.92. The zero-order chi connectivity index (χ0) is 18.6. The molecule has 0 heterocycles. The van der Waals surface area contributed by atoms with Gasteiger partial charge < -0.3 is 10.1 Å². The number of non-ortho nitro benzene ring substituents is 1. The Kier molecular flexibility index (Phi) is 5.48. The fourth-order valence-corrected chi connectivity index (χ4v) is 2.67. The van der Waals surface area contributed by atoms with Gasteiger partial charge in [-0.25, -0.2) is 0 Å². The van der Waals surface area contributed by atoms with Crippen LogP contribution < -0.4 is 5.32 Å². The summed E-state index contributed by atoms with van der Waals surface area (Å²) in [4.78, 5) is 34.5. The second-order valence-electron chi connectivity index (χ2n) is 5.84. The van der Waals surface area contributed by atoms with E-state index in [1.165, 1.54) is 36.4 Å². The van der Waals surface area contributed by atoms with Crippen molar-refractivity contribution in [2.45, 2.75) is 32.9 Å². The Morgan fingerprint density at radius 3 is 2.24 bits per heavy atom. The number of hydrogen-bond acceptors (Lipinski definition) is 5.